The van der Waals surface area contributed by atoms with Gasteiger partial charge < -0.3 is 10.1 Å². The van der Waals surface area contributed by atoms with E-state index < -0.39 is 0 Å². The second-order valence-electron chi connectivity index (χ2n) is 5.92. The molecule has 0 bridgehead atoms. The third-order valence-electron chi connectivity index (χ3n) is 4.16. The molecule has 2 N–H and O–H groups in total. The number of aromatic nitrogens is 1. The molecule has 0 unspecified atom stereocenters. The van der Waals surface area contributed by atoms with Gasteiger partial charge in [-0.05, 0) is 55.3 Å². The van der Waals surface area contributed by atoms with Crippen molar-refractivity contribution in [1.29, 1.82) is 0 Å². The number of nitrogens with zero attached hydrogens (tertiary/aromatic N) is 1. The van der Waals surface area contributed by atoms with Crippen molar-refractivity contribution in [2.45, 2.75) is 13.8 Å². The predicted octanol–water partition coefficient (Wildman–Crippen LogP) is 4.27. The number of hydrogen-bond acceptors (Lipinski definition) is 5. The Morgan fingerprint density at radius 1 is 1.00 bits per heavy atom. The van der Waals surface area contributed by atoms with Crippen molar-refractivity contribution in [2.75, 3.05) is 17.7 Å². The highest BCUT2D eigenvalue weighted by Crippen LogP contribution is 2.21. The van der Waals surface area contributed by atoms with Crippen molar-refractivity contribution in [2.24, 2.45) is 0 Å². The number of hydrogen-bond donors (Lipinski definition) is 2. The van der Waals surface area contributed by atoms with E-state index in [0.29, 0.717) is 16.4 Å². The van der Waals surface area contributed by atoms with Gasteiger partial charge in [0.2, 0.25) is 0 Å². The van der Waals surface area contributed by atoms with Crippen LogP contribution in [0.15, 0.2) is 47.8 Å². The van der Waals surface area contributed by atoms with Crippen molar-refractivity contribution in [3.63, 3.8) is 0 Å². The second kappa shape index (κ2) is 8.01. The van der Waals surface area contributed by atoms with Crippen LogP contribution in [0.1, 0.15) is 32.0 Å². The van der Waals surface area contributed by atoms with E-state index in [4.69, 9.17) is 4.74 Å². The molecule has 0 saturated heterocycles. The van der Waals surface area contributed by atoms with Crippen molar-refractivity contribution in [3.05, 3.63) is 70.2 Å². The highest BCUT2D eigenvalue weighted by molar-refractivity contribution is 7.14. The zero-order chi connectivity index (χ0) is 19.4. The number of nitrogens with one attached hydrogen (secondary N) is 2. The molecule has 0 atom stereocenters. The lowest BCUT2D eigenvalue weighted by molar-refractivity contribution is 0.101. The van der Waals surface area contributed by atoms with Crippen LogP contribution < -0.4 is 15.4 Å². The molecule has 2 amide bonds. The summed E-state index contributed by atoms with van der Waals surface area (Å²) in [6, 6.07) is 12.5. The lowest BCUT2D eigenvalue weighted by atomic mass is 10.1. The van der Waals surface area contributed by atoms with Gasteiger partial charge in [0.15, 0.2) is 5.13 Å². The maximum atomic E-state index is 12.4. The Bertz CT molecular complexity index is 980. The summed E-state index contributed by atoms with van der Waals surface area (Å²) in [6.07, 6.45) is 0. The molecule has 3 aromatic rings. The third kappa shape index (κ3) is 4.32. The number of carbonyl (C=O) groups is 2. The number of ether oxygens (including phenoxy) is 1. The van der Waals surface area contributed by atoms with Gasteiger partial charge in [0.25, 0.3) is 11.8 Å². The average Bonchev–Trinajstić information content (AvgIpc) is 3.14. The van der Waals surface area contributed by atoms with Gasteiger partial charge in [-0.1, -0.05) is 12.1 Å². The Hall–Kier alpha value is -3.19. The van der Waals surface area contributed by atoms with Crippen LogP contribution in [0.5, 0.6) is 5.75 Å². The van der Waals surface area contributed by atoms with Gasteiger partial charge in [-0.25, -0.2) is 4.98 Å². The minimum absolute atomic E-state index is 0.255. The first kappa shape index (κ1) is 18.6. The number of amides is 2. The molecular weight excluding hydrogens is 362 g/mol. The van der Waals surface area contributed by atoms with Crippen molar-refractivity contribution in [1.82, 2.24) is 4.98 Å². The normalized spacial score (nSPS) is 10.3. The molecule has 0 spiro atoms. The molecule has 0 aliphatic heterocycles. The third-order valence-corrected chi connectivity index (χ3v) is 4.92. The Morgan fingerprint density at radius 3 is 2.44 bits per heavy atom. The van der Waals surface area contributed by atoms with E-state index >= 15 is 0 Å². The lowest BCUT2D eigenvalue weighted by Gasteiger charge is -2.09. The highest BCUT2D eigenvalue weighted by atomic mass is 32.1. The smallest absolute Gasteiger partial charge is 0.275 e. The number of rotatable bonds is 5. The standard InChI is InChI=1S/C20H19N3O3S/c1-12-5-4-6-16(13(12)2)21-19(25)17-11-27-20(22-17)23-18(24)14-7-9-15(26-3)10-8-14/h4-11H,1-3H3,(H,21,25)(H,22,23,24). The number of benzene rings is 2. The molecule has 1 aromatic heterocycles. The second-order valence-corrected chi connectivity index (χ2v) is 6.78. The van der Waals surface area contributed by atoms with Crippen LogP contribution in [0, 0.1) is 13.8 Å². The molecule has 0 fully saturated rings. The Labute approximate surface area is 161 Å². The van der Waals surface area contributed by atoms with Crippen molar-refractivity contribution >= 4 is 34.0 Å². The van der Waals surface area contributed by atoms with Gasteiger partial charge >= 0.3 is 0 Å². The summed E-state index contributed by atoms with van der Waals surface area (Å²) in [6.45, 7) is 3.94. The van der Waals surface area contributed by atoms with Gasteiger partial charge in [-0.3, -0.25) is 14.9 Å². The summed E-state index contributed by atoms with van der Waals surface area (Å²) in [5.41, 5.74) is 3.59. The largest absolute Gasteiger partial charge is 0.497 e. The van der Waals surface area contributed by atoms with Gasteiger partial charge in [0.1, 0.15) is 11.4 Å². The average molecular weight is 381 g/mol. The fourth-order valence-electron chi connectivity index (χ4n) is 2.42. The molecular formula is C20H19N3O3S. The quantitative estimate of drug-likeness (QED) is 0.691. The van der Waals surface area contributed by atoms with E-state index in [0.717, 1.165) is 16.8 Å². The Balaban J connectivity index is 1.67. The van der Waals surface area contributed by atoms with E-state index in [-0.39, 0.29) is 17.5 Å². The highest BCUT2D eigenvalue weighted by Gasteiger charge is 2.14. The maximum Gasteiger partial charge on any atom is 0.275 e. The van der Waals surface area contributed by atoms with E-state index in [2.05, 4.69) is 15.6 Å². The first-order valence-corrected chi connectivity index (χ1v) is 9.14. The first-order valence-electron chi connectivity index (χ1n) is 8.26. The zero-order valence-electron chi connectivity index (χ0n) is 15.2. The topological polar surface area (TPSA) is 80.3 Å². The Kier molecular flexibility index (Phi) is 5.52. The van der Waals surface area contributed by atoms with Crippen LogP contribution in [-0.4, -0.2) is 23.9 Å². The summed E-state index contributed by atoms with van der Waals surface area (Å²) in [7, 11) is 1.56. The van der Waals surface area contributed by atoms with Gasteiger partial charge in [-0.2, -0.15) is 0 Å². The van der Waals surface area contributed by atoms with E-state index in [1.54, 1.807) is 36.8 Å². The molecule has 2 aromatic carbocycles. The van der Waals surface area contributed by atoms with E-state index in [1.165, 1.54) is 11.3 Å². The molecule has 0 aliphatic rings. The molecule has 1 heterocycles. The van der Waals surface area contributed by atoms with Crippen LogP contribution in [0.3, 0.4) is 0 Å². The predicted molar refractivity (Wildman–Crippen MR) is 107 cm³/mol. The summed E-state index contributed by atoms with van der Waals surface area (Å²) in [4.78, 5) is 28.9. The van der Waals surface area contributed by atoms with Crippen LogP contribution in [0.2, 0.25) is 0 Å². The SMILES string of the molecule is COc1ccc(C(=O)Nc2nc(C(=O)Nc3cccc(C)c3C)cs2)cc1. The van der Waals surface area contributed by atoms with Gasteiger partial charge in [-0.15, -0.1) is 11.3 Å². The molecule has 0 aliphatic carbocycles. The monoisotopic (exact) mass is 381 g/mol. The van der Waals surface area contributed by atoms with Gasteiger partial charge in [0.05, 0.1) is 7.11 Å². The zero-order valence-corrected chi connectivity index (χ0v) is 16.0. The van der Waals surface area contributed by atoms with E-state index in [9.17, 15) is 9.59 Å². The molecule has 0 radical (unpaired) electrons. The fraction of sp³-hybridized carbons (Fsp3) is 0.150. The van der Waals surface area contributed by atoms with Crippen molar-refractivity contribution in [3.8, 4) is 5.75 Å². The summed E-state index contributed by atoms with van der Waals surface area (Å²) in [5, 5.41) is 7.54. The summed E-state index contributed by atoms with van der Waals surface area (Å²) >= 11 is 1.20. The molecule has 3 rings (SSSR count). The fourth-order valence-corrected chi connectivity index (χ4v) is 3.11. The lowest BCUT2D eigenvalue weighted by Crippen LogP contribution is -2.15. The summed E-state index contributed by atoms with van der Waals surface area (Å²) < 4.78 is 5.07. The van der Waals surface area contributed by atoms with Gasteiger partial charge in [0, 0.05) is 16.6 Å². The minimum Gasteiger partial charge on any atom is -0.497 e. The van der Waals surface area contributed by atoms with E-state index in [1.807, 2.05) is 32.0 Å². The van der Waals surface area contributed by atoms with Crippen LogP contribution in [0.4, 0.5) is 10.8 Å². The molecule has 0 saturated carbocycles. The number of carbonyl (C=O) groups excluding carboxylic acids is 2. The summed E-state index contributed by atoms with van der Waals surface area (Å²) in [5.74, 6) is 0.0598. The maximum absolute atomic E-state index is 12.4. The first-order chi connectivity index (χ1) is 13.0. The number of methoxy groups -OCH3 is 1. The van der Waals surface area contributed by atoms with Crippen LogP contribution in [-0.2, 0) is 0 Å². The Morgan fingerprint density at radius 2 is 1.74 bits per heavy atom. The number of aryl methyl sites for hydroxylation is 1. The van der Waals surface area contributed by atoms with Crippen LogP contribution in [0.25, 0.3) is 0 Å². The van der Waals surface area contributed by atoms with Crippen LogP contribution >= 0.6 is 11.3 Å². The molecule has 27 heavy (non-hydrogen) atoms. The molecule has 6 nitrogen and oxygen atoms in total. The number of thiazole rings is 1. The minimum atomic E-state index is -0.315. The number of anilines is 2. The molecule has 138 valence electrons. The van der Waals surface area contributed by atoms with Crippen molar-refractivity contribution < 1.29 is 14.3 Å². The molecule has 7 heteroatoms.